The molecule has 90 valence electrons. The van der Waals surface area contributed by atoms with Crippen LogP contribution >= 0.6 is 11.8 Å². The number of aromatic amines is 1. The van der Waals surface area contributed by atoms with Crippen LogP contribution in [0.15, 0.2) is 35.6 Å². The molecule has 0 fully saturated rings. The van der Waals surface area contributed by atoms with Gasteiger partial charge in [0.05, 0.1) is 4.90 Å². The van der Waals surface area contributed by atoms with Crippen molar-refractivity contribution in [3.8, 4) is 11.3 Å². The van der Waals surface area contributed by atoms with Crippen molar-refractivity contribution in [3.63, 3.8) is 0 Å². The van der Waals surface area contributed by atoms with Gasteiger partial charge in [-0.25, -0.2) is 0 Å². The largest absolute Gasteiger partial charge is 0.284 e. The number of H-pyrrole nitrogens is 1. The number of hydrogen-bond acceptors (Lipinski definition) is 3. The van der Waals surface area contributed by atoms with E-state index in [1.54, 1.807) is 6.20 Å². The van der Waals surface area contributed by atoms with E-state index in [0.29, 0.717) is 0 Å². The van der Waals surface area contributed by atoms with Crippen molar-refractivity contribution >= 4 is 11.8 Å². The second-order valence-corrected chi connectivity index (χ2v) is 5.51. The third kappa shape index (κ3) is 3.33. The minimum Gasteiger partial charge on any atom is -0.284 e. The monoisotopic (exact) mass is 247 g/mol. The van der Waals surface area contributed by atoms with Crippen LogP contribution in [-0.2, 0) is 0 Å². The zero-order valence-corrected chi connectivity index (χ0v) is 11.0. The average Bonchev–Trinajstić information content (AvgIpc) is 2.78. The van der Waals surface area contributed by atoms with Crippen molar-refractivity contribution in [2.24, 2.45) is 5.92 Å². The Morgan fingerprint density at radius 3 is 3.00 bits per heavy atom. The van der Waals surface area contributed by atoms with Gasteiger partial charge in [0.1, 0.15) is 5.69 Å². The minimum atomic E-state index is 0.747. The van der Waals surface area contributed by atoms with E-state index in [9.17, 15) is 0 Å². The number of aromatic nitrogens is 3. The summed E-state index contributed by atoms with van der Waals surface area (Å²) >= 11 is 1.86. The van der Waals surface area contributed by atoms with Crippen LogP contribution in [0.2, 0.25) is 0 Å². The molecule has 0 spiro atoms. The van der Waals surface area contributed by atoms with Gasteiger partial charge in [0.2, 0.25) is 0 Å². The number of thioether (sulfide) groups is 1. The molecule has 3 nitrogen and oxygen atoms in total. The molecule has 0 amide bonds. The first-order chi connectivity index (χ1) is 8.27. The normalized spacial score (nSPS) is 11.0. The molecule has 4 heteroatoms. The van der Waals surface area contributed by atoms with Crippen molar-refractivity contribution in [2.45, 2.75) is 25.2 Å². The van der Waals surface area contributed by atoms with Crippen molar-refractivity contribution in [3.05, 3.63) is 30.7 Å². The fourth-order valence-electron chi connectivity index (χ4n) is 1.50. The zero-order chi connectivity index (χ0) is 12.1. The minimum absolute atomic E-state index is 0.747. The Morgan fingerprint density at radius 1 is 1.41 bits per heavy atom. The maximum absolute atomic E-state index is 4.30. The molecule has 0 aliphatic heterocycles. The van der Waals surface area contributed by atoms with E-state index < -0.39 is 0 Å². The summed E-state index contributed by atoms with van der Waals surface area (Å²) in [7, 11) is 0. The van der Waals surface area contributed by atoms with Crippen molar-refractivity contribution in [2.75, 3.05) is 5.75 Å². The van der Waals surface area contributed by atoms with E-state index >= 15 is 0 Å². The first-order valence-electron chi connectivity index (χ1n) is 5.84. The SMILES string of the molecule is CC(C)CCSc1c[nH]nc1-c1cccnc1. The molecular formula is C13H17N3S. The summed E-state index contributed by atoms with van der Waals surface area (Å²) in [4.78, 5) is 5.33. The Bertz CT molecular complexity index is 451. The van der Waals surface area contributed by atoms with Crippen LogP contribution in [-0.4, -0.2) is 20.9 Å². The Balaban J connectivity index is 2.07. The van der Waals surface area contributed by atoms with Gasteiger partial charge in [-0.1, -0.05) is 13.8 Å². The summed E-state index contributed by atoms with van der Waals surface area (Å²) in [5.41, 5.74) is 2.08. The number of pyridine rings is 1. The quantitative estimate of drug-likeness (QED) is 0.821. The molecule has 2 aromatic rings. The number of nitrogens with one attached hydrogen (secondary N) is 1. The van der Waals surface area contributed by atoms with Gasteiger partial charge in [0.15, 0.2) is 0 Å². The van der Waals surface area contributed by atoms with Gasteiger partial charge in [-0.3, -0.25) is 10.1 Å². The van der Waals surface area contributed by atoms with Crippen LogP contribution in [0.1, 0.15) is 20.3 Å². The van der Waals surface area contributed by atoms with Gasteiger partial charge >= 0.3 is 0 Å². The van der Waals surface area contributed by atoms with Crippen LogP contribution < -0.4 is 0 Å². The molecule has 0 saturated heterocycles. The van der Waals surface area contributed by atoms with Gasteiger partial charge in [-0.2, -0.15) is 5.10 Å². The standard InChI is InChI=1S/C13H17N3S/c1-10(2)5-7-17-12-9-15-16-13(12)11-4-3-6-14-8-11/h3-4,6,8-10H,5,7H2,1-2H3,(H,15,16). The molecule has 2 rings (SSSR count). The smallest absolute Gasteiger partial charge is 0.107 e. The van der Waals surface area contributed by atoms with Crippen LogP contribution in [0, 0.1) is 5.92 Å². The third-order valence-electron chi connectivity index (χ3n) is 2.49. The molecule has 0 saturated carbocycles. The first-order valence-corrected chi connectivity index (χ1v) is 6.83. The van der Waals surface area contributed by atoms with Gasteiger partial charge in [-0.05, 0) is 30.2 Å². The van der Waals surface area contributed by atoms with Crippen molar-refractivity contribution < 1.29 is 0 Å². The molecule has 2 aromatic heterocycles. The van der Waals surface area contributed by atoms with E-state index in [-0.39, 0.29) is 0 Å². The van der Waals surface area contributed by atoms with Crippen molar-refractivity contribution in [1.29, 1.82) is 0 Å². The zero-order valence-electron chi connectivity index (χ0n) is 10.2. The lowest BCUT2D eigenvalue weighted by Gasteiger charge is -2.04. The molecule has 17 heavy (non-hydrogen) atoms. The predicted octanol–water partition coefficient (Wildman–Crippen LogP) is 3.61. The number of nitrogens with zero attached hydrogens (tertiary/aromatic N) is 2. The molecule has 0 radical (unpaired) electrons. The maximum Gasteiger partial charge on any atom is 0.107 e. The summed E-state index contributed by atoms with van der Waals surface area (Å²) in [6.07, 6.45) is 6.82. The molecule has 0 aliphatic rings. The lowest BCUT2D eigenvalue weighted by Crippen LogP contribution is -1.89. The second kappa shape index (κ2) is 5.87. The summed E-state index contributed by atoms with van der Waals surface area (Å²) in [6.45, 7) is 4.50. The lowest BCUT2D eigenvalue weighted by molar-refractivity contribution is 0.632. The highest BCUT2D eigenvalue weighted by molar-refractivity contribution is 7.99. The van der Waals surface area contributed by atoms with Crippen LogP contribution in [0.5, 0.6) is 0 Å². The van der Waals surface area contributed by atoms with Gasteiger partial charge in [-0.15, -0.1) is 11.8 Å². The molecular weight excluding hydrogens is 230 g/mol. The lowest BCUT2D eigenvalue weighted by atomic mass is 10.2. The summed E-state index contributed by atoms with van der Waals surface area (Å²) in [5.74, 6) is 1.88. The highest BCUT2D eigenvalue weighted by Crippen LogP contribution is 2.29. The van der Waals surface area contributed by atoms with E-state index in [1.165, 1.54) is 11.3 Å². The Hall–Kier alpha value is -1.29. The number of hydrogen-bond donors (Lipinski definition) is 1. The Kier molecular flexibility index (Phi) is 4.20. The van der Waals surface area contributed by atoms with Gasteiger partial charge in [0, 0.05) is 24.2 Å². The summed E-state index contributed by atoms with van der Waals surface area (Å²) in [5, 5.41) is 7.23. The first kappa shape index (κ1) is 12.2. The fraction of sp³-hybridized carbons (Fsp3) is 0.385. The van der Waals surface area contributed by atoms with E-state index in [4.69, 9.17) is 0 Å². The number of rotatable bonds is 5. The van der Waals surface area contributed by atoms with E-state index in [2.05, 4.69) is 29.0 Å². The van der Waals surface area contributed by atoms with Crippen LogP contribution in [0.3, 0.4) is 0 Å². The molecule has 0 aromatic carbocycles. The molecule has 0 atom stereocenters. The van der Waals surface area contributed by atoms with Crippen molar-refractivity contribution in [1.82, 2.24) is 15.2 Å². The maximum atomic E-state index is 4.30. The second-order valence-electron chi connectivity index (χ2n) is 4.37. The summed E-state index contributed by atoms with van der Waals surface area (Å²) in [6, 6.07) is 3.97. The fourth-order valence-corrected chi connectivity index (χ4v) is 2.75. The van der Waals surface area contributed by atoms with Crippen LogP contribution in [0.25, 0.3) is 11.3 Å². The topological polar surface area (TPSA) is 41.6 Å². The van der Waals surface area contributed by atoms with E-state index in [1.807, 2.05) is 36.3 Å². The highest BCUT2D eigenvalue weighted by atomic mass is 32.2. The van der Waals surface area contributed by atoms with Crippen LogP contribution in [0.4, 0.5) is 0 Å². The molecule has 0 unspecified atom stereocenters. The average molecular weight is 247 g/mol. The third-order valence-corrected chi connectivity index (χ3v) is 3.56. The molecule has 0 aliphatic carbocycles. The Labute approximate surface area is 106 Å². The molecule has 0 bridgehead atoms. The highest BCUT2D eigenvalue weighted by Gasteiger charge is 2.08. The molecule has 1 N–H and O–H groups in total. The van der Waals surface area contributed by atoms with Gasteiger partial charge < -0.3 is 0 Å². The Morgan fingerprint density at radius 2 is 2.29 bits per heavy atom. The predicted molar refractivity (Wildman–Crippen MR) is 72.0 cm³/mol. The van der Waals surface area contributed by atoms with Gasteiger partial charge in [0.25, 0.3) is 0 Å². The van der Waals surface area contributed by atoms with E-state index in [0.717, 1.165) is 22.9 Å². The summed E-state index contributed by atoms with van der Waals surface area (Å²) < 4.78 is 0. The molecule has 2 heterocycles.